The third kappa shape index (κ3) is 2.88. The number of carbonyl (C=O) groups is 2. The highest BCUT2D eigenvalue weighted by molar-refractivity contribution is 9.11. The highest BCUT2D eigenvalue weighted by Gasteiger charge is 2.21. The van der Waals surface area contributed by atoms with Gasteiger partial charge in [0.2, 0.25) is 0 Å². The van der Waals surface area contributed by atoms with Gasteiger partial charge in [-0.05, 0) is 40.9 Å². The van der Waals surface area contributed by atoms with Gasteiger partial charge in [-0.1, -0.05) is 23.5 Å². The van der Waals surface area contributed by atoms with E-state index in [1.165, 1.54) is 11.3 Å². The first-order chi connectivity index (χ1) is 9.40. The van der Waals surface area contributed by atoms with Crippen molar-refractivity contribution in [3.8, 4) is 0 Å². The SMILES string of the molecule is Cc1ccc(C)c(C(=O)Nc2ncc(Br)s2)c1C(=O)O. The monoisotopic (exact) mass is 354 g/mol. The molecule has 0 bridgehead atoms. The average Bonchev–Trinajstić information content (AvgIpc) is 2.76. The zero-order valence-electron chi connectivity index (χ0n) is 10.7. The lowest BCUT2D eigenvalue weighted by Crippen LogP contribution is -2.19. The van der Waals surface area contributed by atoms with E-state index in [9.17, 15) is 14.7 Å². The maximum atomic E-state index is 12.3. The summed E-state index contributed by atoms with van der Waals surface area (Å²) in [4.78, 5) is 27.7. The van der Waals surface area contributed by atoms with E-state index in [0.717, 1.165) is 3.79 Å². The molecular weight excluding hydrogens is 344 g/mol. The third-order valence-corrected chi connectivity index (χ3v) is 4.15. The van der Waals surface area contributed by atoms with Crippen molar-refractivity contribution >= 4 is 44.3 Å². The highest BCUT2D eigenvalue weighted by atomic mass is 79.9. The Bertz CT molecular complexity index is 697. The molecule has 1 aromatic carbocycles. The van der Waals surface area contributed by atoms with Crippen LogP contribution in [0, 0.1) is 13.8 Å². The summed E-state index contributed by atoms with van der Waals surface area (Å²) in [6.07, 6.45) is 1.57. The molecule has 1 aromatic heterocycles. The number of aromatic nitrogens is 1. The van der Waals surface area contributed by atoms with E-state index in [4.69, 9.17) is 0 Å². The molecular formula is C13H11BrN2O3S. The van der Waals surface area contributed by atoms with Crippen LogP contribution in [-0.2, 0) is 0 Å². The molecule has 0 atom stereocenters. The van der Waals surface area contributed by atoms with Crippen LogP contribution >= 0.6 is 27.3 Å². The number of carbonyl (C=O) groups excluding carboxylic acids is 1. The molecule has 0 fully saturated rings. The Morgan fingerprint density at radius 2 is 1.85 bits per heavy atom. The van der Waals surface area contributed by atoms with Crippen molar-refractivity contribution in [2.45, 2.75) is 13.8 Å². The zero-order chi connectivity index (χ0) is 14.9. The lowest BCUT2D eigenvalue weighted by molar-refractivity contribution is 0.0691. The van der Waals surface area contributed by atoms with Gasteiger partial charge in [0.05, 0.1) is 21.1 Å². The van der Waals surface area contributed by atoms with Crippen molar-refractivity contribution in [1.82, 2.24) is 4.98 Å². The molecule has 1 amide bonds. The molecule has 0 aliphatic carbocycles. The molecule has 20 heavy (non-hydrogen) atoms. The quantitative estimate of drug-likeness (QED) is 0.884. The van der Waals surface area contributed by atoms with E-state index in [-0.39, 0.29) is 11.1 Å². The van der Waals surface area contributed by atoms with Crippen molar-refractivity contribution in [3.63, 3.8) is 0 Å². The van der Waals surface area contributed by atoms with Crippen molar-refractivity contribution in [2.24, 2.45) is 0 Å². The van der Waals surface area contributed by atoms with E-state index in [0.29, 0.717) is 16.3 Å². The molecule has 2 N–H and O–H groups in total. The van der Waals surface area contributed by atoms with Crippen LogP contribution in [0.5, 0.6) is 0 Å². The minimum atomic E-state index is -1.11. The summed E-state index contributed by atoms with van der Waals surface area (Å²) in [5, 5.41) is 12.3. The van der Waals surface area contributed by atoms with Gasteiger partial charge in [0.15, 0.2) is 5.13 Å². The van der Waals surface area contributed by atoms with E-state index in [1.807, 2.05) is 0 Å². The van der Waals surface area contributed by atoms with Crippen LogP contribution in [0.25, 0.3) is 0 Å². The van der Waals surface area contributed by atoms with E-state index in [2.05, 4.69) is 26.2 Å². The van der Waals surface area contributed by atoms with E-state index >= 15 is 0 Å². The average molecular weight is 355 g/mol. The van der Waals surface area contributed by atoms with Crippen molar-refractivity contribution in [1.29, 1.82) is 0 Å². The largest absolute Gasteiger partial charge is 0.478 e. The van der Waals surface area contributed by atoms with Gasteiger partial charge in [0.25, 0.3) is 5.91 Å². The van der Waals surface area contributed by atoms with Gasteiger partial charge < -0.3 is 5.11 Å². The summed E-state index contributed by atoms with van der Waals surface area (Å²) in [5.74, 6) is -1.58. The number of carboxylic acids is 1. The summed E-state index contributed by atoms with van der Waals surface area (Å²) >= 11 is 4.51. The number of amides is 1. The topological polar surface area (TPSA) is 79.3 Å². The van der Waals surface area contributed by atoms with Gasteiger partial charge in [-0.25, -0.2) is 9.78 Å². The van der Waals surface area contributed by atoms with Gasteiger partial charge in [-0.2, -0.15) is 0 Å². The predicted octanol–water partition coefficient (Wildman–Crippen LogP) is 3.47. The smallest absolute Gasteiger partial charge is 0.336 e. The second kappa shape index (κ2) is 5.72. The second-order valence-corrected chi connectivity index (χ2v) is 6.59. The normalized spacial score (nSPS) is 10.3. The number of hydrogen-bond donors (Lipinski definition) is 2. The number of nitrogens with zero attached hydrogens (tertiary/aromatic N) is 1. The molecule has 0 aliphatic rings. The molecule has 0 saturated heterocycles. The first-order valence-corrected chi connectivity index (χ1v) is 7.27. The zero-order valence-corrected chi connectivity index (χ0v) is 13.1. The molecule has 0 saturated carbocycles. The number of anilines is 1. The Labute approximate surface area is 127 Å². The number of nitrogens with one attached hydrogen (secondary N) is 1. The molecule has 104 valence electrons. The standard InChI is InChI=1S/C13H11BrN2O3S/c1-6-3-4-7(2)10(12(18)19)9(6)11(17)16-13-15-5-8(14)20-13/h3-5H,1-2H3,(H,18,19)(H,15,16,17). The van der Waals surface area contributed by atoms with Crippen LogP contribution in [-0.4, -0.2) is 22.0 Å². The number of carboxylic acid groups (broad SMARTS) is 1. The first-order valence-electron chi connectivity index (χ1n) is 5.66. The second-order valence-electron chi connectivity index (χ2n) is 4.18. The fraction of sp³-hybridized carbons (Fsp3) is 0.154. The van der Waals surface area contributed by atoms with Crippen molar-refractivity contribution in [3.05, 3.63) is 44.4 Å². The number of rotatable bonds is 3. The Kier molecular flexibility index (Phi) is 4.20. The van der Waals surface area contributed by atoms with E-state index in [1.54, 1.807) is 32.2 Å². The number of halogens is 1. The Morgan fingerprint density at radius 3 is 2.35 bits per heavy atom. The van der Waals surface area contributed by atoms with Gasteiger partial charge in [0.1, 0.15) is 0 Å². The number of hydrogen-bond acceptors (Lipinski definition) is 4. The van der Waals surface area contributed by atoms with Crippen LogP contribution in [0.4, 0.5) is 5.13 Å². The molecule has 0 unspecified atom stereocenters. The van der Waals surface area contributed by atoms with E-state index < -0.39 is 11.9 Å². The van der Waals surface area contributed by atoms with Crippen LogP contribution in [0.15, 0.2) is 22.1 Å². The van der Waals surface area contributed by atoms with Gasteiger partial charge in [-0.15, -0.1) is 0 Å². The molecule has 7 heteroatoms. The van der Waals surface area contributed by atoms with Crippen LogP contribution in [0.2, 0.25) is 0 Å². The van der Waals surface area contributed by atoms with Crippen LogP contribution in [0.3, 0.4) is 0 Å². The van der Waals surface area contributed by atoms with Crippen LogP contribution in [0.1, 0.15) is 31.8 Å². The number of aryl methyl sites for hydroxylation is 2. The summed E-state index contributed by atoms with van der Waals surface area (Å²) in [6.45, 7) is 3.37. The lowest BCUT2D eigenvalue weighted by atomic mass is 9.96. The van der Waals surface area contributed by atoms with Crippen LogP contribution < -0.4 is 5.32 Å². The maximum absolute atomic E-state index is 12.3. The summed E-state index contributed by atoms with van der Waals surface area (Å²) in [5.41, 5.74) is 1.36. The fourth-order valence-corrected chi connectivity index (χ4v) is 2.95. The lowest BCUT2D eigenvalue weighted by Gasteiger charge is -2.11. The molecule has 0 aliphatic heterocycles. The van der Waals surface area contributed by atoms with Crippen molar-refractivity contribution < 1.29 is 14.7 Å². The fourth-order valence-electron chi connectivity index (χ4n) is 1.85. The summed E-state index contributed by atoms with van der Waals surface area (Å²) in [6, 6.07) is 3.42. The summed E-state index contributed by atoms with van der Waals surface area (Å²) in [7, 11) is 0. The minimum Gasteiger partial charge on any atom is -0.478 e. The summed E-state index contributed by atoms with van der Waals surface area (Å²) < 4.78 is 0.784. The molecule has 0 radical (unpaired) electrons. The molecule has 0 spiro atoms. The number of benzene rings is 1. The highest BCUT2D eigenvalue weighted by Crippen LogP contribution is 2.25. The van der Waals surface area contributed by atoms with Crippen molar-refractivity contribution in [2.75, 3.05) is 5.32 Å². The van der Waals surface area contributed by atoms with Gasteiger partial charge in [-0.3, -0.25) is 10.1 Å². The molecule has 5 nitrogen and oxygen atoms in total. The Hall–Kier alpha value is -1.73. The number of thiazole rings is 1. The molecule has 1 heterocycles. The Morgan fingerprint density at radius 1 is 1.25 bits per heavy atom. The molecule has 2 rings (SSSR count). The third-order valence-electron chi connectivity index (χ3n) is 2.76. The predicted molar refractivity (Wildman–Crippen MR) is 80.6 cm³/mol. The number of aromatic carboxylic acids is 1. The molecule has 2 aromatic rings. The minimum absolute atomic E-state index is 0.0260. The first kappa shape index (κ1) is 14.7. The van der Waals surface area contributed by atoms with Gasteiger partial charge >= 0.3 is 5.97 Å². The Balaban J connectivity index is 2.43. The van der Waals surface area contributed by atoms with Gasteiger partial charge in [0, 0.05) is 0 Å². The maximum Gasteiger partial charge on any atom is 0.336 e.